The summed E-state index contributed by atoms with van der Waals surface area (Å²) in [7, 11) is 3.14. The minimum Gasteiger partial charge on any atom is -0.497 e. The molecular formula is C18H19N3O4. The van der Waals surface area contributed by atoms with E-state index >= 15 is 0 Å². The average Bonchev–Trinajstić information content (AvgIpc) is 3.35. The summed E-state index contributed by atoms with van der Waals surface area (Å²) in [6, 6.07) is 7.20. The second-order valence-electron chi connectivity index (χ2n) is 6.42. The Kier molecular flexibility index (Phi) is 3.71. The van der Waals surface area contributed by atoms with E-state index in [1.165, 1.54) is 6.39 Å². The van der Waals surface area contributed by atoms with Gasteiger partial charge in [0.05, 0.1) is 7.11 Å². The molecule has 25 heavy (non-hydrogen) atoms. The monoisotopic (exact) mass is 341 g/mol. The molecule has 130 valence electrons. The van der Waals surface area contributed by atoms with E-state index in [0.29, 0.717) is 35.2 Å². The van der Waals surface area contributed by atoms with Crippen LogP contribution >= 0.6 is 0 Å². The van der Waals surface area contributed by atoms with Crippen molar-refractivity contribution in [1.82, 2.24) is 15.2 Å². The molecule has 2 aromatic rings. The van der Waals surface area contributed by atoms with Crippen molar-refractivity contribution in [3.05, 3.63) is 47.7 Å². The Morgan fingerprint density at radius 1 is 1.40 bits per heavy atom. The maximum absolute atomic E-state index is 12.9. The molecule has 3 atom stereocenters. The number of hydrogen-bond acceptors (Lipinski definition) is 5. The Labute approximate surface area is 145 Å². The van der Waals surface area contributed by atoms with Gasteiger partial charge in [-0.2, -0.15) is 0 Å². The van der Waals surface area contributed by atoms with Gasteiger partial charge in [0.15, 0.2) is 12.1 Å². The average molecular weight is 341 g/mol. The zero-order chi connectivity index (χ0) is 17.6. The number of benzene rings is 1. The maximum Gasteiger partial charge on any atom is 0.273 e. The first-order valence-corrected chi connectivity index (χ1v) is 8.24. The quantitative estimate of drug-likeness (QED) is 0.914. The van der Waals surface area contributed by atoms with Gasteiger partial charge in [-0.25, -0.2) is 4.98 Å². The first kappa shape index (κ1) is 15.7. The molecule has 3 aliphatic rings. The highest BCUT2D eigenvalue weighted by Gasteiger charge is 2.56. The van der Waals surface area contributed by atoms with E-state index in [9.17, 15) is 9.59 Å². The number of ether oxygens (including phenoxy) is 1. The number of hydrogen-bond donors (Lipinski definition) is 1. The summed E-state index contributed by atoms with van der Waals surface area (Å²) >= 11 is 0. The SMILES string of the molecule is CNC(=O)c1ncoc1C1C2CC1N(C(=O)c1cccc(OC)c1)C2. The summed E-state index contributed by atoms with van der Waals surface area (Å²) in [5.41, 5.74) is 0.924. The van der Waals surface area contributed by atoms with Crippen LogP contribution in [0.5, 0.6) is 5.75 Å². The summed E-state index contributed by atoms with van der Waals surface area (Å²) in [6.07, 6.45) is 2.22. The molecule has 0 radical (unpaired) electrons. The van der Waals surface area contributed by atoms with Gasteiger partial charge in [0.2, 0.25) is 0 Å². The van der Waals surface area contributed by atoms with E-state index in [1.807, 2.05) is 17.0 Å². The van der Waals surface area contributed by atoms with E-state index in [4.69, 9.17) is 9.15 Å². The van der Waals surface area contributed by atoms with E-state index in [0.717, 1.165) is 6.42 Å². The molecule has 2 aliphatic heterocycles. The Bertz CT molecular complexity index is 831. The number of amides is 2. The fraction of sp³-hybridized carbons (Fsp3) is 0.389. The molecule has 2 bridgehead atoms. The fourth-order valence-electron chi connectivity index (χ4n) is 3.94. The zero-order valence-corrected chi connectivity index (χ0v) is 14.1. The van der Waals surface area contributed by atoms with Gasteiger partial charge in [0, 0.05) is 31.1 Å². The number of methoxy groups -OCH3 is 1. The Balaban J connectivity index is 1.57. The molecule has 7 nitrogen and oxygen atoms in total. The number of fused-ring (bicyclic) bond motifs is 1. The lowest BCUT2D eigenvalue weighted by Gasteiger charge is -2.35. The first-order valence-electron chi connectivity index (χ1n) is 8.24. The standard InChI is InChI=1S/C18H19N3O4/c1-19-17(22)15-16(25-9-20-15)14-11-7-13(14)21(8-11)18(23)10-4-3-5-12(6-10)24-2/h3-6,9,11,13-14H,7-8H2,1-2H3,(H,19,22). The lowest BCUT2D eigenvalue weighted by Crippen LogP contribution is -2.40. The molecule has 5 rings (SSSR count). The molecule has 1 aliphatic carbocycles. The molecule has 2 saturated heterocycles. The first-order chi connectivity index (χ1) is 12.1. The predicted octanol–water partition coefficient (Wildman–Crippen LogP) is 1.67. The van der Waals surface area contributed by atoms with Crippen LogP contribution < -0.4 is 10.1 Å². The molecule has 7 heteroatoms. The number of oxazole rings is 1. The highest BCUT2D eigenvalue weighted by Crippen LogP contribution is 2.53. The fourth-order valence-corrected chi connectivity index (χ4v) is 3.94. The van der Waals surface area contributed by atoms with Gasteiger partial charge in [-0.1, -0.05) is 6.07 Å². The molecule has 3 unspecified atom stereocenters. The third-order valence-corrected chi connectivity index (χ3v) is 5.22. The third-order valence-electron chi connectivity index (χ3n) is 5.22. The van der Waals surface area contributed by atoms with Crippen LogP contribution in [0.25, 0.3) is 0 Å². The van der Waals surface area contributed by atoms with Gasteiger partial charge in [-0.3, -0.25) is 9.59 Å². The van der Waals surface area contributed by atoms with Crippen LogP contribution in [0.3, 0.4) is 0 Å². The highest BCUT2D eigenvalue weighted by molar-refractivity contribution is 5.96. The smallest absolute Gasteiger partial charge is 0.273 e. The predicted molar refractivity (Wildman–Crippen MR) is 88.6 cm³/mol. The lowest BCUT2D eigenvalue weighted by atomic mass is 9.72. The number of carbonyl (C=O) groups excluding carboxylic acids is 2. The molecule has 0 spiro atoms. The minimum atomic E-state index is -0.263. The molecule has 1 N–H and O–H groups in total. The lowest BCUT2D eigenvalue weighted by molar-refractivity contribution is 0.0729. The Morgan fingerprint density at radius 3 is 3.00 bits per heavy atom. The van der Waals surface area contributed by atoms with Crippen LogP contribution in [-0.4, -0.2) is 48.4 Å². The Morgan fingerprint density at radius 2 is 2.24 bits per heavy atom. The summed E-state index contributed by atoms with van der Waals surface area (Å²) in [6.45, 7) is 0.666. The molecule has 3 fully saturated rings. The number of carbonyl (C=O) groups is 2. The normalized spacial score (nSPS) is 23.9. The molecule has 1 aromatic heterocycles. The van der Waals surface area contributed by atoms with Gasteiger partial charge in [-0.05, 0) is 30.5 Å². The number of aromatic nitrogens is 1. The van der Waals surface area contributed by atoms with Crippen molar-refractivity contribution in [3.8, 4) is 5.75 Å². The van der Waals surface area contributed by atoms with Gasteiger partial charge >= 0.3 is 0 Å². The van der Waals surface area contributed by atoms with E-state index in [2.05, 4.69) is 10.3 Å². The molecule has 1 saturated carbocycles. The van der Waals surface area contributed by atoms with Crippen LogP contribution in [-0.2, 0) is 0 Å². The maximum atomic E-state index is 12.9. The van der Waals surface area contributed by atoms with Crippen molar-refractivity contribution in [2.45, 2.75) is 18.4 Å². The number of nitrogens with zero attached hydrogens (tertiary/aromatic N) is 2. The second kappa shape index (κ2) is 5.91. The van der Waals surface area contributed by atoms with Crippen LogP contribution in [0, 0.1) is 5.92 Å². The summed E-state index contributed by atoms with van der Waals surface area (Å²) < 4.78 is 10.7. The summed E-state index contributed by atoms with van der Waals surface area (Å²) in [5.74, 6) is 1.29. The summed E-state index contributed by atoms with van der Waals surface area (Å²) in [4.78, 5) is 30.8. The van der Waals surface area contributed by atoms with Crippen molar-refractivity contribution in [3.63, 3.8) is 0 Å². The van der Waals surface area contributed by atoms with Crippen molar-refractivity contribution >= 4 is 11.8 Å². The van der Waals surface area contributed by atoms with Crippen LogP contribution in [0.1, 0.15) is 38.9 Å². The molecule has 1 aromatic carbocycles. The molecular weight excluding hydrogens is 322 g/mol. The van der Waals surface area contributed by atoms with Crippen molar-refractivity contribution in [2.24, 2.45) is 5.92 Å². The van der Waals surface area contributed by atoms with Crippen molar-refractivity contribution in [1.29, 1.82) is 0 Å². The highest BCUT2D eigenvalue weighted by atomic mass is 16.5. The van der Waals surface area contributed by atoms with Gasteiger partial charge in [0.1, 0.15) is 11.5 Å². The Hall–Kier alpha value is -2.83. The van der Waals surface area contributed by atoms with E-state index in [1.54, 1.807) is 26.3 Å². The molecule has 2 amide bonds. The van der Waals surface area contributed by atoms with E-state index in [-0.39, 0.29) is 23.8 Å². The zero-order valence-electron chi connectivity index (χ0n) is 14.1. The van der Waals surface area contributed by atoms with Crippen molar-refractivity contribution < 1.29 is 18.7 Å². The third kappa shape index (κ3) is 2.38. The van der Waals surface area contributed by atoms with Gasteiger partial charge in [-0.15, -0.1) is 0 Å². The van der Waals surface area contributed by atoms with E-state index < -0.39 is 0 Å². The number of nitrogens with one attached hydrogen (secondary N) is 1. The van der Waals surface area contributed by atoms with Crippen LogP contribution in [0.2, 0.25) is 0 Å². The number of rotatable bonds is 4. The topological polar surface area (TPSA) is 84.7 Å². The van der Waals surface area contributed by atoms with Crippen LogP contribution in [0.4, 0.5) is 0 Å². The molecule has 3 heterocycles. The van der Waals surface area contributed by atoms with Gasteiger partial charge in [0.25, 0.3) is 11.8 Å². The van der Waals surface area contributed by atoms with Gasteiger partial charge < -0.3 is 19.4 Å². The summed E-state index contributed by atoms with van der Waals surface area (Å²) in [5, 5.41) is 2.58. The van der Waals surface area contributed by atoms with Crippen LogP contribution in [0.15, 0.2) is 35.1 Å². The minimum absolute atomic E-state index is 0.0186. The largest absolute Gasteiger partial charge is 0.497 e. The second-order valence-corrected chi connectivity index (χ2v) is 6.42. The van der Waals surface area contributed by atoms with Crippen molar-refractivity contribution in [2.75, 3.05) is 20.7 Å².